The first-order valence-corrected chi connectivity index (χ1v) is 8.45. The van der Waals surface area contributed by atoms with Gasteiger partial charge in [0.2, 0.25) is 5.91 Å². The Hall–Kier alpha value is -1.42. The summed E-state index contributed by atoms with van der Waals surface area (Å²) in [5, 5.41) is 3.07. The molecule has 4 heteroatoms. The van der Waals surface area contributed by atoms with Gasteiger partial charge in [0, 0.05) is 19.1 Å². The highest BCUT2D eigenvalue weighted by Crippen LogP contribution is 2.25. The molecular formula is C18H25FN2O. The number of amides is 1. The van der Waals surface area contributed by atoms with E-state index in [2.05, 4.69) is 10.2 Å². The number of rotatable bonds is 4. The van der Waals surface area contributed by atoms with Gasteiger partial charge in [0.25, 0.3) is 0 Å². The van der Waals surface area contributed by atoms with E-state index in [0.29, 0.717) is 6.54 Å². The summed E-state index contributed by atoms with van der Waals surface area (Å²) < 4.78 is 13.0. The van der Waals surface area contributed by atoms with Crippen molar-refractivity contribution in [3.8, 4) is 0 Å². The maximum atomic E-state index is 13.0. The monoisotopic (exact) mass is 304 g/mol. The fraction of sp³-hybridized carbons (Fsp3) is 0.611. The molecule has 22 heavy (non-hydrogen) atoms. The predicted octanol–water partition coefficient (Wildman–Crippen LogP) is 2.75. The third-order valence-corrected chi connectivity index (χ3v) is 4.85. The normalized spacial score (nSPS) is 24.2. The molecule has 0 bridgehead atoms. The molecule has 1 atom stereocenters. The Bertz CT molecular complexity index is 496. The van der Waals surface area contributed by atoms with Crippen LogP contribution in [0, 0.1) is 11.7 Å². The van der Waals surface area contributed by atoms with E-state index in [1.54, 1.807) is 0 Å². The summed E-state index contributed by atoms with van der Waals surface area (Å²) in [6, 6.07) is 6.72. The van der Waals surface area contributed by atoms with Crippen LogP contribution in [-0.4, -0.2) is 36.5 Å². The Morgan fingerprint density at radius 3 is 2.59 bits per heavy atom. The van der Waals surface area contributed by atoms with Crippen LogP contribution in [0.2, 0.25) is 0 Å². The second-order valence-electron chi connectivity index (χ2n) is 6.79. The molecule has 1 heterocycles. The highest BCUT2D eigenvalue weighted by Gasteiger charge is 2.27. The Labute approximate surface area is 131 Å². The number of carbonyl (C=O) groups is 1. The predicted molar refractivity (Wildman–Crippen MR) is 85.0 cm³/mol. The molecule has 1 aromatic carbocycles. The van der Waals surface area contributed by atoms with Crippen LogP contribution in [0.4, 0.5) is 4.39 Å². The minimum Gasteiger partial charge on any atom is -0.351 e. The van der Waals surface area contributed by atoms with Gasteiger partial charge in [0.1, 0.15) is 5.82 Å². The Morgan fingerprint density at radius 1 is 1.14 bits per heavy atom. The van der Waals surface area contributed by atoms with E-state index < -0.39 is 0 Å². The molecule has 1 saturated heterocycles. The number of piperazine rings is 1. The molecule has 2 aliphatic rings. The third-order valence-electron chi connectivity index (χ3n) is 4.85. The van der Waals surface area contributed by atoms with Crippen LogP contribution >= 0.6 is 0 Å². The van der Waals surface area contributed by atoms with Crippen molar-refractivity contribution in [2.45, 2.75) is 44.6 Å². The average molecular weight is 304 g/mol. The van der Waals surface area contributed by atoms with Gasteiger partial charge in [-0.15, -0.1) is 0 Å². The maximum Gasteiger partial charge on any atom is 0.234 e. The van der Waals surface area contributed by atoms with Crippen LogP contribution < -0.4 is 5.32 Å². The number of nitrogens with zero attached hydrogens (tertiary/aromatic N) is 1. The van der Waals surface area contributed by atoms with Crippen molar-refractivity contribution in [3.05, 3.63) is 35.6 Å². The van der Waals surface area contributed by atoms with E-state index in [9.17, 15) is 9.18 Å². The SMILES string of the molecule is O=C1CN(CC2CCCCC2)C[C@H](Cc2ccc(F)cc2)N1. The third kappa shape index (κ3) is 4.29. The topological polar surface area (TPSA) is 32.3 Å². The van der Waals surface area contributed by atoms with Crippen LogP contribution in [0.5, 0.6) is 0 Å². The van der Waals surface area contributed by atoms with Gasteiger partial charge in [0.05, 0.1) is 6.54 Å². The number of nitrogens with one attached hydrogen (secondary N) is 1. The minimum absolute atomic E-state index is 0.120. The lowest BCUT2D eigenvalue weighted by atomic mass is 9.88. The van der Waals surface area contributed by atoms with Crippen molar-refractivity contribution in [1.29, 1.82) is 0 Å². The van der Waals surface area contributed by atoms with E-state index in [1.165, 1.54) is 44.2 Å². The first kappa shape index (κ1) is 15.5. The zero-order chi connectivity index (χ0) is 15.4. The quantitative estimate of drug-likeness (QED) is 0.927. The maximum absolute atomic E-state index is 13.0. The molecule has 0 radical (unpaired) electrons. The van der Waals surface area contributed by atoms with E-state index in [0.717, 1.165) is 31.0 Å². The van der Waals surface area contributed by atoms with Crippen molar-refractivity contribution in [2.24, 2.45) is 5.92 Å². The van der Waals surface area contributed by atoms with Gasteiger partial charge in [-0.2, -0.15) is 0 Å². The minimum atomic E-state index is -0.213. The molecular weight excluding hydrogens is 279 g/mol. The summed E-state index contributed by atoms with van der Waals surface area (Å²) >= 11 is 0. The molecule has 1 amide bonds. The van der Waals surface area contributed by atoms with Gasteiger partial charge >= 0.3 is 0 Å². The fourth-order valence-corrected chi connectivity index (χ4v) is 3.79. The van der Waals surface area contributed by atoms with Crippen LogP contribution in [0.3, 0.4) is 0 Å². The zero-order valence-corrected chi connectivity index (χ0v) is 13.1. The van der Waals surface area contributed by atoms with Crippen molar-refractivity contribution in [3.63, 3.8) is 0 Å². The number of halogens is 1. The molecule has 1 aromatic rings. The van der Waals surface area contributed by atoms with Crippen LogP contribution in [0.15, 0.2) is 24.3 Å². The lowest BCUT2D eigenvalue weighted by molar-refractivity contribution is -0.125. The molecule has 0 spiro atoms. The largest absolute Gasteiger partial charge is 0.351 e. The second kappa shape index (κ2) is 7.23. The van der Waals surface area contributed by atoms with Crippen LogP contribution in [0.1, 0.15) is 37.7 Å². The van der Waals surface area contributed by atoms with Gasteiger partial charge in [-0.05, 0) is 42.9 Å². The molecule has 0 aromatic heterocycles. The molecule has 1 saturated carbocycles. The molecule has 1 N–H and O–H groups in total. The summed E-state index contributed by atoms with van der Waals surface area (Å²) in [7, 11) is 0. The van der Waals surface area contributed by atoms with Gasteiger partial charge in [0.15, 0.2) is 0 Å². The lowest BCUT2D eigenvalue weighted by Crippen LogP contribution is -2.55. The van der Waals surface area contributed by atoms with E-state index in [1.807, 2.05) is 12.1 Å². The van der Waals surface area contributed by atoms with Crippen molar-refractivity contribution in [1.82, 2.24) is 10.2 Å². The molecule has 120 valence electrons. The summed E-state index contributed by atoms with van der Waals surface area (Å²) in [5.74, 6) is 0.663. The van der Waals surface area contributed by atoms with Crippen molar-refractivity contribution in [2.75, 3.05) is 19.6 Å². The zero-order valence-electron chi connectivity index (χ0n) is 13.1. The summed E-state index contributed by atoms with van der Waals surface area (Å²) in [5.41, 5.74) is 1.08. The van der Waals surface area contributed by atoms with Gasteiger partial charge < -0.3 is 5.32 Å². The number of benzene rings is 1. The second-order valence-corrected chi connectivity index (χ2v) is 6.79. The molecule has 3 rings (SSSR count). The number of hydrogen-bond acceptors (Lipinski definition) is 2. The van der Waals surface area contributed by atoms with E-state index in [4.69, 9.17) is 0 Å². The van der Waals surface area contributed by atoms with E-state index >= 15 is 0 Å². The van der Waals surface area contributed by atoms with Crippen LogP contribution in [-0.2, 0) is 11.2 Å². The molecule has 1 aliphatic heterocycles. The number of carbonyl (C=O) groups excluding carboxylic acids is 1. The highest BCUT2D eigenvalue weighted by molar-refractivity contribution is 5.79. The Balaban J connectivity index is 1.55. The lowest BCUT2D eigenvalue weighted by Gasteiger charge is -2.36. The standard InChI is InChI=1S/C18H25FN2O/c19-16-8-6-14(7-9-16)10-17-12-21(13-18(22)20-17)11-15-4-2-1-3-5-15/h6-9,15,17H,1-5,10-13H2,(H,20,22)/t17-/m0/s1. The van der Waals surface area contributed by atoms with Crippen molar-refractivity contribution < 1.29 is 9.18 Å². The smallest absolute Gasteiger partial charge is 0.234 e. The van der Waals surface area contributed by atoms with Crippen LogP contribution in [0.25, 0.3) is 0 Å². The highest BCUT2D eigenvalue weighted by atomic mass is 19.1. The molecule has 2 fully saturated rings. The first-order valence-electron chi connectivity index (χ1n) is 8.45. The molecule has 0 unspecified atom stereocenters. The Morgan fingerprint density at radius 2 is 1.86 bits per heavy atom. The average Bonchev–Trinajstić information content (AvgIpc) is 2.50. The summed E-state index contributed by atoms with van der Waals surface area (Å²) in [4.78, 5) is 14.3. The molecule has 1 aliphatic carbocycles. The molecule has 3 nitrogen and oxygen atoms in total. The van der Waals surface area contributed by atoms with Gasteiger partial charge in [-0.1, -0.05) is 31.4 Å². The first-order chi connectivity index (χ1) is 10.7. The Kier molecular flexibility index (Phi) is 5.08. The summed E-state index contributed by atoms with van der Waals surface area (Å²) in [6.45, 7) is 2.48. The summed E-state index contributed by atoms with van der Waals surface area (Å²) in [6.07, 6.45) is 7.42. The van der Waals surface area contributed by atoms with E-state index in [-0.39, 0.29) is 17.8 Å². The fourth-order valence-electron chi connectivity index (χ4n) is 3.79. The van der Waals surface area contributed by atoms with Gasteiger partial charge in [-0.3, -0.25) is 9.69 Å². The van der Waals surface area contributed by atoms with Crippen molar-refractivity contribution >= 4 is 5.91 Å². The number of hydrogen-bond donors (Lipinski definition) is 1. The van der Waals surface area contributed by atoms with Gasteiger partial charge in [-0.25, -0.2) is 4.39 Å².